The maximum Gasteiger partial charge on any atom is 0.324 e. The lowest BCUT2D eigenvalue weighted by Gasteiger charge is -2.38. The van der Waals surface area contributed by atoms with Gasteiger partial charge in [0.15, 0.2) is 0 Å². The summed E-state index contributed by atoms with van der Waals surface area (Å²) in [5, 5.41) is 0. The van der Waals surface area contributed by atoms with Gasteiger partial charge < -0.3 is 14.2 Å². The Morgan fingerprint density at radius 3 is 2.76 bits per heavy atom. The summed E-state index contributed by atoms with van der Waals surface area (Å²) >= 11 is 2.11. The maximum absolute atomic E-state index is 11.9. The highest BCUT2D eigenvalue weighted by Crippen LogP contribution is 2.64. The molecule has 1 aliphatic heterocycles. The molecule has 4 nitrogen and oxygen atoms in total. The molecular formula is C20H25IO4. The summed E-state index contributed by atoms with van der Waals surface area (Å²) in [4.78, 5) is 11.9. The Kier molecular flexibility index (Phi) is 4.73. The number of benzene rings is 1. The highest BCUT2D eigenvalue weighted by molar-refractivity contribution is 14.1. The van der Waals surface area contributed by atoms with Crippen LogP contribution in [0.25, 0.3) is 0 Å². The van der Waals surface area contributed by atoms with E-state index in [1.807, 2.05) is 19.1 Å². The van der Waals surface area contributed by atoms with Crippen molar-refractivity contribution < 1.29 is 19.0 Å². The molecule has 0 N–H and O–H groups in total. The zero-order valence-electron chi connectivity index (χ0n) is 14.7. The van der Waals surface area contributed by atoms with E-state index in [0.29, 0.717) is 11.7 Å². The Hall–Kier alpha value is -0.820. The molecule has 1 heterocycles. The van der Waals surface area contributed by atoms with Gasteiger partial charge in [-0.25, -0.2) is 0 Å². The van der Waals surface area contributed by atoms with Gasteiger partial charge in [0, 0.05) is 5.41 Å². The van der Waals surface area contributed by atoms with Crippen molar-refractivity contribution in [2.24, 2.45) is 23.2 Å². The van der Waals surface area contributed by atoms with E-state index in [2.05, 4.69) is 29.5 Å². The summed E-state index contributed by atoms with van der Waals surface area (Å²) in [6.07, 6.45) is 4.61. The summed E-state index contributed by atoms with van der Waals surface area (Å²) in [6.45, 7) is 5.15. The molecule has 136 valence electrons. The molecule has 1 saturated heterocycles. The van der Waals surface area contributed by atoms with Crippen LogP contribution in [-0.2, 0) is 9.53 Å². The van der Waals surface area contributed by atoms with Gasteiger partial charge in [-0.05, 0) is 67.7 Å². The van der Waals surface area contributed by atoms with Crippen molar-refractivity contribution in [2.75, 3.05) is 6.61 Å². The summed E-state index contributed by atoms with van der Waals surface area (Å²) in [5.74, 6) is 3.33. The van der Waals surface area contributed by atoms with Crippen LogP contribution in [-0.4, -0.2) is 22.8 Å². The molecule has 2 saturated carbocycles. The lowest BCUT2D eigenvalue weighted by atomic mass is 9.68. The number of fused-ring (bicyclic) bond motifs is 5. The summed E-state index contributed by atoms with van der Waals surface area (Å²) in [7, 11) is 0. The number of ether oxygens (including phenoxy) is 3. The second-order valence-electron chi connectivity index (χ2n) is 7.79. The number of hydrogen-bond acceptors (Lipinski definition) is 4. The normalized spacial score (nSPS) is 36.9. The third kappa shape index (κ3) is 2.97. The average molecular weight is 456 g/mol. The largest absolute Gasteiger partial charge is 0.464 e. The van der Waals surface area contributed by atoms with Crippen LogP contribution in [0.3, 0.4) is 0 Å². The maximum atomic E-state index is 11.9. The first-order chi connectivity index (χ1) is 12.0. The predicted octanol–water partition coefficient (Wildman–Crippen LogP) is 4.59. The zero-order valence-corrected chi connectivity index (χ0v) is 16.9. The molecule has 0 amide bonds. The van der Waals surface area contributed by atoms with E-state index in [-0.39, 0.29) is 21.6 Å². The summed E-state index contributed by atoms with van der Waals surface area (Å²) in [6, 6.07) is 7.32. The minimum absolute atomic E-state index is 0.116. The van der Waals surface area contributed by atoms with E-state index in [4.69, 9.17) is 14.2 Å². The lowest BCUT2D eigenvalue weighted by molar-refractivity contribution is -0.133. The molecule has 4 rings (SSSR count). The van der Waals surface area contributed by atoms with Gasteiger partial charge in [0.1, 0.15) is 15.4 Å². The van der Waals surface area contributed by atoms with Gasteiger partial charge in [0.25, 0.3) is 0 Å². The van der Waals surface area contributed by atoms with Crippen LogP contribution in [0.5, 0.6) is 11.5 Å². The third-order valence-corrected chi connectivity index (χ3v) is 7.94. The highest BCUT2D eigenvalue weighted by atomic mass is 127. The van der Waals surface area contributed by atoms with Crippen molar-refractivity contribution in [1.82, 2.24) is 0 Å². The second kappa shape index (κ2) is 6.72. The van der Waals surface area contributed by atoms with E-state index in [0.717, 1.165) is 30.6 Å². The van der Waals surface area contributed by atoms with Crippen molar-refractivity contribution in [3.63, 3.8) is 0 Å². The van der Waals surface area contributed by atoms with E-state index >= 15 is 0 Å². The Morgan fingerprint density at radius 1 is 1.32 bits per heavy atom. The smallest absolute Gasteiger partial charge is 0.324 e. The molecule has 1 aromatic carbocycles. The van der Waals surface area contributed by atoms with Gasteiger partial charge in [-0.1, -0.05) is 36.4 Å². The van der Waals surface area contributed by atoms with Gasteiger partial charge in [-0.15, -0.1) is 0 Å². The molecule has 2 aliphatic carbocycles. The van der Waals surface area contributed by atoms with Crippen LogP contribution in [0, 0.1) is 23.2 Å². The van der Waals surface area contributed by atoms with E-state index in [1.54, 1.807) is 12.1 Å². The first-order valence-corrected chi connectivity index (χ1v) is 10.5. The summed E-state index contributed by atoms with van der Waals surface area (Å²) < 4.78 is 17.5. The molecule has 6 atom stereocenters. The number of carbonyl (C=O) groups is 1. The van der Waals surface area contributed by atoms with Gasteiger partial charge in [-0.3, -0.25) is 4.79 Å². The molecule has 6 unspecified atom stereocenters. The monoisotopic (exact) mass is 456 g/mol. The van der Waals surface area contributed by atoms with Crippen LogP contribution in [0.2, 0.25) is 0 Å². The summed E-state index contributed by atoms with van der Waals surface area (Å²) in [5.41, 5.74) is 0.142. The minimum Gasteiger partial charge on any atom is -0.464 e. The van der Waals surface area contributed by atoms with Crippen molar-refractivity contribution in [3.05, 3.63) is 24.3 Å². The molecular weight excluding hydrogens is 431 g/mol. The third-order valence-electron chi connectivity index (χ3n) is 6.56. The van der Waals surface area contributed by atoms with E-state index in [9.17, 15) is 4.79 Å². The van der Waals surface area contributed by atoms with Crippen molar-refractivity contribution in [2.45, 2.75) is 49.7 Å². The Bertz CT molecular complexity index is 646. The average Bonchev–Trinajstić information content (AvgIpc) is 3.28. The molecule has 25 heavy (non-hydrogen) atoms. The van der Waals surface area contributed by atoms with Gasteiger partial charge in [0.05, 0.1) is 6.61 Å². The molecule has 1 aromatic rings. The zero-order chi connectivity index (χ0) is 17.6. The van der Waals surface area contributed by atoms with Crippen molar-refractivity contribution in [3.8, 4) is 11.5 Å². The standard InChI is InChI=1S/C20H25IO4/c1-3-17(21)18(22)24-14-6-8-15(9-7-14)25-19-20(2)13-5-4-12(10-13)16(20)11-23-19/h6-9,12-13,16-17,19H,3-5,10-11H2,1-2H3. The number of halogens is 1. The van der Waals surface area contributed by atoms with Crippen LogP contribution in [0.15, 0.2) is 24.3 Å². The quantitative estimate of drug-likeness (QED) is 0.281. The van der Waals surface area contributed by atoms with Crippen LogP contribution >= 0.6 is 22.6 Å². The van der Waals surface area contributed by atoms with Gasteiger partial charge in [-0.2, -0.15) is 0 Å². The number of rotatable bonds is 5. The van der Waals surface area contributed by atoms with Crippen LogP contribution < -0.4 is 9.47 Å². The van der Waals surface area contributed by atoms with Crippen LogP contribution in [0.1, 0.15) is 39.5 Å². The topological polar surface area (TPSA) is 44.8 Å². The number of hydrogen-bond donors (Lipinski definition) is 0. The Balaban J connectivity index is 1.41. The van der Waals surface area contributed by atoms with Crippen molar-refractivity contribution >= 4 is 28.6 Å². The Morgan fingerprint density at radius 2 is 2.04 bits per heavy atom. The fourth-order valence-corrected chi connectivity index (χ4v) is 5.16. The SMILES string of the molecule is CCC(I)C(=O)Oc1ccc(OC2OCC3C4CCC(C4)C23C)cc1. The minimum atomic E-state index is -0.201. The van der Waals surface area contributed by atoms with E-state index in [1.165, 1.54) is 19.3 Å². The molecule has 0 spiro atoms. The molecule has 2 bridgehead atoms. The first kappa shape index (κ1) is 17.6. The molecule has 3 aliphatic rings. The molecule has 5 heteroatoms. The van der Waals surface area contributed by atoms with Gasteiger partial charge >= 0.3 is 5.97 Å². The van der Waals surface area contributed by atoms with Crippen LogP contribution in [0.4, 0.5) is 0 Å². The van der Waals surface area contributed by atoms with Gasteiger partial charge in [0.2, 0.25) is 6.29 Å². The molecule has 3 fully saturated rings. The number of carbonyl (C=O) groups excluding carboxylic acids is 1. The first-order valence-electron chi connectivity index (χ1n) is 9.26. The van der Waals surface area contributed by atoms with Crippen molar-refractivity contribution in [1.29, 1.82) is 0 Å². The Labute approximate surface area is 162 Å². The fourth-order valence-electron chi connectivity index (χ4n) is 5.03. The lowest BCUT2D eigenvalue weighted by Crippen LogP contribution is -2.41. The fraction of sp³-hybridized carbons (Fsp3) is 0.650. The number of alkyl halides is 1. The molecule has 0 aromatic heterocycles. The second-order valence-corrected chi connectivity index (χ2v) is 9.30. The number of esters is 1. The van der Waals surface area contributed by atoms with E-state index < -0.39 is 0 Å². The predicted molar refractivity (Wildman–Crippen MR) is 103 cm³/mol. The highest BCUT2D eigenvalue weighted by Gasteiger charge is 2.63. The molecule has 0 radical (unpaired) electrons.